The van der Waals surface area contributed by atoms with Crippen molar-refractivity contribution in [3.8, 4) is 6.07 Å². The molecule has 0 aliphatic carbocycles. The Labute approximate surface area is 144 Å². The van der Waals surface area contributed by atoms with Crippen LogP contribution < -0.4 is 10.9 Å². The first kappa shape index (κ1) is 17.8. The van der Waals surface area contributed by atoms with Gasteiger partial charge in [0.1, 0.15) is 18.2 Å². The quantitative estimate of drug-likeness (QED) is 0.637. The molecule has 1 amide bonds. The molecule has 2 rings (SSSR count). The van der Waals surface area contributed by atoms with Crippen molar-refractivity contribution in [1.29, 1.82) is 5.26 Å². The zero-order chi connectivity index (χ0) is 17.5. The van der Waals surface area contributed by atoms with Gasteiger partial charge in [-0.15, -0.1) is 11.8 Å². The van der Waals surface area contributed by atoms with E-state index in [1.807, 2.05) is 36.4 Å². The van der Waals surface area contributed by atoms with Crippen LogP contribution in [0.2, 0.25) is 0 Å². The summed E-state index contributed by atoms with van der Waals surface area (Å²) in [6.45, 7) is 3.68. The zero-order valence-electron chi connectivity index (χ0n) is 13.6. The maximum atomic E-state index is 12.1. The van der Waals surface area contributed by atoms with Crippen LogP contribution in [0.25, 0.3) is 0 Å². The van der Waals surface area contributed by atoms with Crippen LogP contribution in [0.5, 0.6) is 0 Å². The molecule has 0 radical (unpaired) electrons. The first-order chi connectivity index (χ1) is 11.5. The van der Waals surface area contributed by atoms with E-state index < -0.39 is 5.56 Å². The zero-order valence-corrected chi connectivity index (χ0v) is 14.4. The lowest BCUT2D eigenvalue weighted by molar-refractivity contribution is -0.121. The molecule has 0 saturated carbocycles. The van der Waals surface area contributed by atoms with Gasteiger partial charge in [-0.1, -0.05) is 18.2 Å². The van der Waals surface area contributed by atoms with Gasteiger partial charge in [-0.3, -0.25) is 9.59 Å². The van der Waals surface area contributed by atoms with E-state index in [1.165, 1.54) is 0 Å². The highest BCUT2D eigenvalue weighted by Gasteiger charge is 2.13. The normalized spacial score (nSPS) is 10.2. The topological polar surface area (TPSA) is 87.8 Å². The van der Waals surface area contributed by atoms with Crippen molar-refractivity contribution in [3.63, 3.8) is 0 Å². The molecule has 1 aromatic carbocycles. The third-order valence-electron chi connectivity index (χ3n) is 3.48. The molecule has 0 bridgehead atoms. The van der Waals surface area contributed by atoms with Crippen LogP contribution in [0.3, 0.4) is 0 Å². The Morgan fingerprint density at radius 3 is 2.71 bits per heavy atom. The second kappa shape index (κ2) is 8.31. The SMILES string of the molecule is Cc1nn(CC(=O)NCCSc2ccccc2)c(=O)c(C#N)c1C. The Kier molecular flexibility index (Phi) is 6.15. The standard InChI is InChI=1S/C17H18N4O2S/c1-12-13(2)20-21(17(23)15(12)10-18)11-16(22)19-8-9-24-14-6-4-3-5-7-14/h3-7H,8-9,11H2,1-2H3,(H,19,22). The van der Waals surface area contributed by atoms with Crippen molar-refractivity contribution in [2.45, 2.75) is 25.3 Å². The number of thioether (sulfide) groups is 1. The number of benzene rings is 1. The first-order valence-electron chi connectivity index (χ1n) is 7.46. The summed E-state index contributed by atoms with van der Waals surface area (Å²) in [5.74, 6) is 0.430. The number of carbonyl (C=O) groups excluding carboxylic acids is 1. The van der Waals surface area contributed by atoms with E-state index in [-0.39, 0.29) is 18.0 Å². The van der Waals surface area contributed by atoms with Gasteiger partial charge in [0.2, 0.25) is 5.91 Å². The van der Waals surface area contributed by atoms with Crippen molar-refractivity contribution < 1.29 is 4.79 Å². The fourth-order valence-electron chi connectivity index (χ4n) is 2.08. The summed E-state index contributed by atoms with van der Waals surface area (Å²) in [4.78, 5) is 25.2. The van der Waals surface area contributed by atoms with Gasteiger partial charge in [-0.2, -0.15) is 10.4 Å². The van der Waals surface area contributed by atoms with Crippen LogP contribution in [0.15, 0.2) is 40.0 Å². The third kappa shape index (κ3) is 4.46. The molecule has 1 N–H and O–H groups in total. The Bertz CT molecular complexity index is 825. The van der Waals surface area contributed by atoms with Crippen LogP contribution in [0, 0.1) is 25.2 Å². The Balaban J connectivity index is 1.90. The number of rotatable bonds is 6. The van der Waals surface area contributed by atoms with Gasteiger partial charge >= 0.3 is 0 Å². The fourth-order valence-corrected chi connectivity index (χ4v) is 2.87. The Hall–Kier alpha value is -2.59. The second-order valence-corrected chi connectivity index (χ2v) is 6.34. The third-order valence-corrected chi connectivity index (χ3v) is 4.49. The summed E-state index contributed by atoms with van der Waals surface area (Å²) in [5, 5.41) is 15.9. The highest BCUT2D eigenvalue weighted by Crippen LogP contribution is 2.15. The molecule has 0 atom stereocenters. The van der Waals surface area contributed by atoms with E-state index in [0.29, 0.717) is 17.8 Å². The molecule has 124 valence electrons. The van der Waals surface area contributed by atoms with Crippen LogP contribution in [-0.4, -0.2) is 28.0 Å². The van der Waals surface area contributed by atoms with E-state index in [1.54, 1.807) is 25.6 Å². The van der Waals surface area contributed by atoms with Gasteiger partial charge in [0.15, 0.2) is 0 Å². The lowest BCUT2D eigenvalue weighted by atomic mass is 10.1. The molecule has 0 unspecified atom stereocenters. The molecule has 2 aromatic rings. The minimum Gasteiger partial charge on any atom is -0.354 e. The summed E-state index contributed by atoms with van der Waals surface area (Å²) in [7, 11) is 0. The summed E-state index contributed by atoms with van der Waals surface area (Å²) >= 11 is 1.64. The van der Waals surface area contributed by atoms with E-state index >= 15 is 0 Å². The van der Waals surface area contributed by atoms with Crippen molar-refractivity contribution in [2.24, 2.45) is 0 Å². The molecule has 0 spiro atoms. The molecular formula is C17H18N4O2S. The highest BCUT2D eigenvalue weighted by molar-refractivity contribution is 7.99. The van der Waals surface area contributed by atoms with E-state index in [4.69, 9.17) is 5.26 Å². The summed E-state index contributed by atoms with van der Waals surface area (Å²) < 4.78 is 1.04. The Morgan fingerprint density at radius 1 is 1.33 bits per heavy atom. The van der Waals surface area contributed by atoms with E-state index in [0.717, 1.165) is 15.3 Å². The van der Waals surface area contributed by atoms with Crippen molar-refractivity contribution in [3.05, 3.63) is 57.5 Å². The maximum absolute atomic E-state index is 12.1. The van der Waals surface area contributed by atoms with Crippen LogP contribution >= 0.6 is 11.8 Å². The van der Waals surface area contributed by atoms with Crippen molar-refractivity contribution in [2.75, 3.05) is 12.3 Å². The number of carbonyl (C=O) groups is 1. The molecule has 0 aliphatic heterocycles. The number of hydrogen-bond acceptors (Lipinski definition) is 5. The minimum absolute atomic E-state index is 0.0370. The lowest BCUT2D eigenvalue weighted by Gasteiger charge is -2.09. The molecule has 6 nitrogen and oxygen atoms in total. The number of hydrogen-bond donors (Lipinski definition) is 1. The monoisotopic (exact) mass is 342 g/mol. The van der Waals surface area contributed by atoms with Crippen LogP contribution in [0.4, 0.5) is 0 Å². The smallest absolute Gasteiger partial charge is 0.285 e. The molecule has 1 aromatic heterocycles. The number of nitriles is 1. The van der Waals surface area contributed by atoms with Crippen molar-refractivity contribution >= 4 is 17.7 Å². The maximum Gasteiger partial charge on any atom is 0.285 e. The number of amides is 1. The van der Waals surface area contributed by atoms with Gasteiger partial charge in [0.25, 0.3) is 5.56 Å². The second-order valence-electron chi connectivity index (χ2n) is 5.17. The summed E-state index contributed by atoms with van der Waals surface area (Å²) in [6, 6.07) is 11.8. The summed E-state index contributed by atoms with van der Waals surface area (Å²) in [5.41, 5.74) is 0.626. The predicted molar refractivity (Wildman–Crippen MR) is 92.9 cm³/mol. The van der Waals surface area contributed by atoms with Gasteiger partial charge < -0.3 is 5.32 Å². The molecule has 24 heavy (non-hydrogen) atoms. The Morgan fingerprint density at radius 2 is 2.04 bits per heavy atom. The van der Waals surface area contributed by atoms with Gasteiger partial charge in [0, 0.05) is 17.2 Å². The van der Waals surface area contributed by atoms with Gasteiger partial charge in [0.05, 0.1) is 5.69 Å². The minimum atomic E-state index is -0.533. The first-order valence-corrected chi connectivity index (χ1v) is 8.44. The lowest BCUT2D eigenvalue weighted by Crippen LogP contribution is -2.36. The molecule has 0 saturated heterocycles. The van der Waals surface area contributed by atoms with Crippen molar-refractivity contribution in [1.82, 2.24) is 15.1 Å². The molecule has 1 heterocycles. The van der Waals surface area contributed by atoms with E-state index in [9.17, 15) is 9.59 Å². The largest absolute Gasteiger partial charge is 0.354 e. The molecular weight excluding hydrogens is 324 g/mol. The molecule has 0 aliphatic rings. The number of nitrogens with one attached hydrogen (secondary N) is 1. The predicted octanol–water partition coefficient (Wildman–Crippen LogP) is 1.64. The average molecular weight is 342 g/mol. The van der Waals surface area contributed by atoms with E-state index in [2.05, 4.69) is 10.4 Å². The number of nitrogens with zero attached hydrogens (tertiary/aromatic N) is 3. The summed E-state index contributed by atoms with van der Waals surface area (Å²) in [6.07, 6.45) is 0. The number of aryl methyl sites for hydroxylation is 1. The van der Waals surface area contributed by atoms with Gasteiger partial charge in [-0.05, 0) is 31.5 Å². The average Bonchev–Trinajstić information content (AvgIpc) is 2.58. The molecule has 7 heteroatoms. The van der Waals surface area contributed by atoms with Gasteiger partial charge in [-0.25, -0.2) is 4.68 Å². The molecule has 0 fully saturated rings. The highest BCUT2D eigenvalue weighted by atomic mass is 32.2. The number of aromatic nitrogens is 2. The van der Waals surface area contributed by atoms with Crippen LogP contribution in [-0.2, 0) is 11.3 Å². The fraction of sp³-hybridized carbons (Fsp3) is 0.294. The van der Waals surface area contributed by atoms with Crippen LogP contribution in [0.1, 0.15) is 16.8 Å².